The summed E-state index contributed by atoms with van der Waals surface area (Å²) in [7, 11) is -7.40. The van der Waals surface area contributed by atoms with Crippen LogP contribution in [0.25, 0.3) is 0 Å². The molecule has 0 N–H and O–H groups in total. The van der Waals surface area contributed by atoms with Gasteiger partial charge in [0.05, 0.1) is 23.4 Å². The molecule has 0 fully saturated rings. The molecule has 0 amide bonds. The van der Waals surface area contributed by atoms with Gasteiger partial charge in [0.2, 0.25) is 10.0 Å². The van der Waals surface area contributed by atoms with Crippen LogP contribution in [0.4, 0.5) is 5.69 Å². The van der Waals surface area contributed by atoms with Gasteiger partial charge in [-0.3, -0.25) is 4.31 Å². The van der Waals surface area contributed by atoms with Gasteiger partial charge in [-0.15, -0.1) is 0 Å². The molecule has 4 rings (SSSR count). The number of sulfone groups is 1. The van der Waals surface area contributed by atoms with Crippen molar-refractivity contribution in [1.29, 1.82) is 0 Å². The lowest BCUT2D eigenvalue weighted by atomic mass is 10.2. The van der Waals surface area contributed by atoms with Crippen molar-refractivity contribution in [3.63, 3.8) is 0 Å². The first-order chi connectivity index (χ1) is 12.3. The number of benzene rings is 2. The van der Waals surface area contributed by atoms with E-state index in [-0.39, 0.29) is 11.4 Å². The summed E-state index contributed by atoms with van der Waals surface area (Å²) in [5.74, 6) is 0.878. The fraction of sp³-hybridized carbons (Fsp3) is 0.294. The Morgan fingerprint density at radius 1 is 0.962 bits per heavy atom. The van der Waals surface area contributed by atoms with Gasteiger partial charge in [-0.2, -0.15) is 0 Å². The van der Waals surface area contributed by atoms with Crippen LogP contribution in [0.1, 0.15) is 10.8 Å². The van der Waals surface area contributed by atoms with Gasteiger partial charge in [-0.05, 0) is 23.8 Å². The van der Waals surface area contributed by atoms with Crippen molar-refractivity contribution in [2.24, 2.45) is 0 Å². The minimum atomic E-state index is -3.82. The van der Waals surface area contributed by atoms with E-state index in [1.807, 2.05) is 0 Å². The van der Waals surface area contributed by atoms with Crippen molar-refractivity contribution < 1.29 is 26.3 Å². The fourth-order valence-electron chi connectivity index (χ4n) is 3.28. The SMILES string of the molecule is CS(=O)(=O)N1CC(S(=O)(=O)c2ccc3c(c2)OCCO3)c2ccccc21. The molecule has 0 saturated heterocycles. The van der Waals surface area contributed by atoms with Gasteiger partial charge in [0.25, 0.3) is 0 Å². The second-order valence-electron chi connectivity index (χ2n) is 6.19. The van der Waals surface area contributed by atoms with E-state index in [4.69, 9.17) is 9.47 Å². The number of hydrogen-bond acceptors (Lipinski definition) is 6. The summed E-state index contributed by atoms with van der Waals surface area (Å²) in [4.78, 5) is 0.0805. The Balaban J connectivity index is 1.80. The zero-order chi connectivity index (χ0) is 18.5. The van der Waals surface area contributed by atoms with Gasteiger partial charge in [0.15, 0.2) is 21.3 Å². The van der Waals surface area contributed by atoms with Crippen LogP contribution in [0.15, 0.2) is 47.4 Å². The molecule has 0 saturated carbocycles. The second-order valence-corrected chi connectivity index (χ2v) is 10.2. The Kier molecular flexibility index (Phi) is 3.89. The minimum Gasteiger partial charge on any atom is -0.486 e. The molecule has 7 nitrogen and oxygen atoms in total. The predicted octanol–water partition coefficient (Wildman–Crippen LogP) is 1.75. The third-order valence-electron chi connectivity index (χ3n) is 4.50. The van der Waals surface area contributed by atoms with Crippen molar-refractivity contribution in [3.8, 4) is 11.5 Å². The van der Waals surface area contributed by atoms with E-state index >= 15 is 0 Å². The van der Waals surface area contributed by atoms with Crippen molar-refractivity contribution in [3.05, 3.63) is 48.0 Å². The monoisotopic (exact) mass is 395 g/mol. The van der Waals surface area contributed by atoms with Gasteiger partial charge < -0.3 is 9.47 Å². The molecule has 0 radical (unpaired) electrons. The van der Waals surface area contributed by atoms with Crippen molar-refractivity contribution >= 4 is 25.5 Å². The van der Waals surface area contributed by atoms with E-state index < -0.39 is 25.1 Å². The van der Waals surface area contributed by atoms with Crippen LogP contribution < -0.4 is 13.8 Å². The molecule has 2 aromatic carbocycles. The van der Waals surface area contributed by atoms with Crippen LogP contribution in [0.5, 0.6) is 11.5 Å². The van der Waals surface area contributed by atoms with Crippen LogP contribution in [0.3, 0.4) is 0 Å². The van der Waals surface area contributed by atoms with Crippen LogP contribution in [-0.2, 0) is 19.9 Å². The van der Waals surface area contributed by atoms with Crippen molar-refractivity contribution in [1.82, 2.24) is 0 Å². The number of fused-ring (bicyclic) bond motifs is 2. The highest BCUT2D eigenvalue weighted by Gasteiger charge is 2.41. The van der Waals surface area contributed by atoms with Gasteiger partial charge in [0, 0.05) is 6.07 Å². The van der Waals surface area contributed by atoms with E-state index in [0.29, 0.717) is 36.0 Å². The third kappa shape index (κ3) is 2.71. The number of anilines is 1. The lowest BCUT2D eigenvalue weighted by Crippen LogP contribution is -2.30. The Bertz CT molecular complexity index is 1080. The van der Waals surface area contributed by atoms with Gasteiger partial charge in [0.1, 0.15) is 18.5 Å². The molecule has 26 heavy (non-hydrogen) atoms. The Morgan fingerprint density at radius 3 is 2.38 bits per heavy atom. The maximum absolute atomic E-state index is 13.2. The first-order valence-corrected chi connectivity index (χ1v) is 11.4. The zero-order valence-electron chi connectivity index (χ0n) is 14.0. The van der Waals surface area contributed by atoms with E-state index in [9.17, 15) is 16.8 Å². The third-order valence-corrected chi connectivity index (χ3v) is 7.71. The molecule has 0 aliphatic carbocycles. The van der Waals surface area contributed by atoms with Gasteiger partial charge in [-0.1, -0.05) is 18.2 Å². The molecule has 2 aliphatic rings. The first-order valence-electron chi connectivity index (χ1n) is 7.99. The number of ether oxygens (including phenoxy) is 2. The molecule has 9 heteroatoms. The highest BCUT2D eigenvalue weighted by molar-refractivity contribution is 7.93. The average Bonchev–Trinajstić information content (AvgIpc) is 3.02. The quantitative estimate of drug-likeness (QED) is 0.787. The molecule has 2 heterocycles. The summed E-state index contributed by atoms with van der Waals surface area (Å²) in [6, 6.07) is 11.1. The topological polar surface area (TPSA) is 90.0 Å². The predicted molar refractivity (Wildman–Crippen MR) is 96.0 cm³/mol. The van der Waals surface area contributed by atoms with Crippen molar-refractivity contribution in [2.75, 3.05) is 30.3 Å². The molecule has 1 unspecified atom stereocenters. The molecule has 2 aromatic rings. The number of hydrogen-bond donors (Lipinski definition) is 0. The summed E-state index contributed by atoms with van der Waals surface area (Å²) in [5, 5.41) is -0.976. The number of rotatable bonds is 3. The summed E-state index contributed by atoms with van der Waals surface area (Å²) >= 11 is 0. The van der Waals surface area contributed by atoms with Crippen LogP contribution in [-0.4, -0.2) is 42.8 Å². The molecule has 0 spiro atoms. The summed E-state index contributed by atoms with van der Waals surface area (Å²) in [6.45, 7) is 0.623. The standard InChI is InChI=1S/C17H17NO6S2/c1-25(19,20)18-11-17(13-4-2-3-5-14(13)18)26(21,22)12-6-7-15-16(10-12)24-9-8-23-15/h2-7,10,17H,8-9,11H2,1H3. The van der Waals surface area contributed by atoms with Crippen LogP contribution >= 0.6 is 0 Å². The lowest BCUT2D eigenvalue weighted by Gasteiger charge is -2.20. The van der Waals surface area contributed by atoms with E-state index in [1.54, 1.807) is 30.3 Å². The Morgan fingerprint density at radius 2 is 1.65 bits per heavy atom. The summed E-state index contributed by atoms with van der Waals surface area (Å²) < 4.78 is 62.7. The average molecular weight is 395 g/mol. The highest BCUT2D eigenvalue weighted by Crippen LogP contribution is 2.44. The normalized spacial score (nSPS) is 19.3. The first kappa shape index (κ1) is 17.2. The largest absolute Gasteiger partial charge is 0.486 e. The lowest BCUT2D eigenvalue weighted by molar-refractivity contribution is 0.171. The maximum atomic E-state index is 13.2. The van der Waals surface area contributed by atoms with Crippen molar-refractivity contribution in [2.45, 2.75) is 10.1 Å². The molecule has 1 atom stereocenters. The number of para-hydroxylation sites is 1. The molecular formula is C17H17NO6S2. The van der Waals surface area contributed by atoms with Crippen LogP contribution in [0, 0.1) is 0 Å². The maximum Gasteiger partial charge on any atom is 0.232 e. The van der Waals surface area contributed by atoms with E-state index in [0.717, 1.165) is 10.6 Å². The Labute approximate surface area is 152 Å². The number of nitrogens with zero attached hydrogens (tertiary/aromatic N) is 1. The molecule has 0 aromatic heterocycles. The summed E-state index contributed by atoms with van der Waals surface area (Å²) in [6.07, 6.45) is 1.07. The fourth-order valence-corrected chi connectivity index (χ4v) is 6.05. The highest BCUT2D eigenvalue weighted by atomic mass is 32.2. The Hall–Kier alpha value is -2.26. The van der Waals surface area contributed by atoms with E-state index in [1.165, 1.54) is 12.1 Å². The van der Waals surface area contributed by atoms with E-state index in [2.05, 4.69) is 0 Å². The number of sulfonamides is 1. The minimum absolute atomic E-state index is 0.0805. The molecule has 2 aliphatic heterocycles. The van der Waals surface area contributed by atoms with Crippen LogP contribution in [0.2, 0.25) is 0 Å². The smallest absolute Gasteiger partial charge is 0.232 e. The van der Waals surface area contributed by atoms with Gasteiger partial charge in [-0.25, -0.2) is 16.8 Å². The molecular weight excluding hydrogens is 378 g/mol. The second kappa shape index (κ2) is 5.88. The summed E-state index contributed by atoms with van der Waals surface area (Å²) in [5.41, 5.74) is 0.883. The molecule has 0 bridgehead atoms. The molecule has 138 valence electrons. The zero-order valence-corrected chi connectivity index (χ0v) is 15.6. The van der Waals surface area contributed by atoms with Gasteiger partial charge >= 0.3 is 0 Å².